The van der Waals surface area contributed by atoms with Crippen molar-refractivity contribution in [1.29, 1.82) is 0 Å². The summed E-state index contributed by atoms with van der Waals surface area (Å²) in [6, 6.07) is 0. The summed E-state index contributed by atoms with van der Waals surface area (Å²) in [5, 5.41) is 10.8. The van der Waals surface area contributed by atoms with E-state index in [-0.39, 0.29) is 5.91 Å². The molecule has 0 saturated carbocycles. The minimum absolute atomic E-state index is 0.107. The molecule has 2 aromatic rings. The van der Waals surface area contributed by atoms with Gasteiger partial charge in [0.25, 0.3) is 0 Å². The van der Waals surface area contributed by atoms with Crippen LogP contribution in [0.3, 0.4) is 0 Å². The van der Waals surface area contributed by atoms with Gasteiger partial charge in [0.1, 0.15) is 5.76 Å². The molecule has 0 aliphatic heterocycles. The fourth-order valence-electron chi connectivity index (χ4n) is 1.16. The SMILES string of the molecule is CCC(=O)Nc1nnc(SCc2oc(=O)oc2C)s1. The summed E-state index contributed by atoms with van der Waals surface area (Å²) in [5.41, 5.74) is 0. The van der Waals surface area contributed by atoms with Crippen molar-refractivity contribution >= 4 is 34.1 Å². The van der Waals surface area contributed by atoms with Crippen LogP contribution in [-0.4, -0.2) is 16.1 Å². The molecule has 0 aliphatic rings. The lowest BCUT2D eigenvalue weighted by molar-refractivity contribution is -0.115. The van der Waals surface area contributed by atoms with Crippen molar-refractivity contribution in [1.82, 2.24) is 10.2 Å². The number of nitrogens with zero attached hydrogens (tertiary/aromatic N) is 2. The zero-order valence-electron chi connectivity index (χ0n) is 10.3. The zero-order valence-corrected chi connectivity index (χ0v) is 11.9. The van der Waals surface area contributed by atoms with Gasteiger partial charge in [0, 0.05) is 6.42 Å². The van der Waals surface area contributed by atoms with Crippen LogP contribution in [0.5, 0.6) is 0 Å². The van der Waals surface area contributed by atoms with E-state index in [1.54, 1.807) is 13.8 Å². The van der Waals surface area contributed by atoms with E-state index in [9.17, 15) is 9.59 Å². The van der Waals surface area contributed by atoms with Gasteiger partial charge >= 0.3 is 5.82 Å². The Morgan fingerprint density at radius 2 is 2.21 bits per heavy atom. The third-order valence-corrected chi connectivity index (χ3v) is 4.11. The highest BCUT2D eigenvalue weighted by Crippen LogP contribution is 2.28. The predicted octanol–water partition coefficient (Wildman–Crippen LogP) is 2.03. The van der Waals surface area contributed by atoms with Crippen molar-refractivity contribution in [3.63, 3.8) is 0 Å². The Bertz CT molecular complexity index is 631. The second-order valence-corrected chi connectivity index (χ2v) is 5.70. The Hall–Kier alpha value is -1.61. The summed E-state index contributed by atoms with van der Waals surface area (Å²) in [6.45, 7) is 3.42. The van der Waals surface area contributed by atoms with Crippen LogP contribution < -0.4 is 11.1 Å². The highest BCUT2D eigenvalue weighted by Gasteiger charge is 2.12. The molecule has 0 atom stereocenters. The van der Waals surface area contributed by atoms with Crippen molar-refractivity contribution in [3.05, 3.63) is 22.1 Å². The molecule has 0 fully saturated rings. The van der Waals surface area contributed by atoms with E-state index in [0.29, 0.717) is 33.2 Å². The van der Waals surface area contributed by atoms with E-state index in [1.165, 1.54) is 23.1 Å². The lowest BCUT2D eigenvalue weighted by atomic mass is 10.4. The number of anilines is 1. The lowest BCUT2D eigenvalue weighted by Gasteiger charge is -1.94. The van der Waals surface area contributed by atoms with Gasteiger partial charge in [-0.25, -0.2) is 4.79 Å². The van der Waals surface area contributed by atoms with Gasteiger partial charge in [0.2, 0.25) is 11.0 Å². The average Bonchev–Trinajstić information content (AvgIpc) is 2.93. The fraction of sp³-hybridized carbons (Fsp3) is 0.400. The van der Waals surface area contributed by atoms with Gasteiger partial charge in [0.05, 0.1) is 5.75 Å². The number of aromatic nitrogens is 2. The number of aryl methyl sites for hydroxylation is 1. The largest absolute Gasteiger partial charge is 0.519 e. The van der Waals surface area contributed by atoms with Gasteiger partial charge in [-0.1, -0.05) is 30.0 Å². The third-order valence-electron chi connectivity index (χ3n) is 2.14. The van der Waals surface area contributed by atoms with Crippen LogP contribution in [0.4, 0.5) is 5.13 Å². The minimum atomic E-state index is -0.707. The van der Waals surface area contributed by atoms with E-state index >= 15 is 0 Å². The lowest BCUT2D eigenvalue weighted by Crippen LogP contribution is -2.08. The second kappa shape index (κ2) is 6.02. The summed E-state index contributed by atoms with van der Waals surface area (Å²) in [6.07, 6.45) is 0.390. The first-order valence-corrected chi connectivity index (χ1v) is 7.24. The molecule has 0 aromatic carbocycles. The molecule has 7 nitrogen and oxygen atoms in total. The molecule has 19 heavy (non-hydrogen) atoms. The second-order valence-electron chi connectivity index (χ2n) is 3.50. The van der Waals surface area contributed by atoms with Gasteiger partial charge < -0.3 is 14.2 Å². The number of rotatable bonds is 5. The van der Waals surface area contributed by atoms with Crippen molar-refractivity contribution in [3.8, 4) is 0 Å². The van der Waals surface area contributed by atoms with Crippen molar-refractivity contribution in [2.45, 2.75) is 30.4 Å². The van der Waals surface area contributed by atoms with Crippen LogP contribution in [0.15, 0.2) is 18.0 Å². The molecular formula is C10H11N3O4S2. The molecule has 2 rings (SSSR count). The highest BCUT2D eigenvalue weighted by atomic mass is 32.2. The van der Waals surface area contributed by atoms with Crippen LogP contribution in [0.2, 0.25) is 0 Å². The predicted molar refractivity (Wildman–Crippen MR) is 70.4 cm³/mol. The maximum absolute atomic E-state index is 11.2. The van der Waals surface area contributed by atoms with Crippen LogP contribution >= 0.6 is 23.1 Å². The molecule has 2 heterocycles. The Kier molecular flexibility index (Phi) is 4.38. The maximum Gasteiger partial charge on any atom is 0.519 e. The fourth-order valence-corrected chi connectivity index (χ4v) is 2.92. The van der Waals surface area contributed by atoms with Gasteiger partial charge in [-0.2, -0.15) is 0 Å². The number of carbonyl (C=O) groups excluding carboxylic acids is 1. The molecule has 0 spiro atoms. The average molecular weight is 301 g/mol. The molecule has 0 saturated heterocycles. The van der Waals surface area contributed by atoms with Crippen molar-refractivity contribution < 1.29 is 13.6 Å². The van der Waals surface area contributed by atoms with Crippen molar-refractivity contribution in [2.75, 3.05) is 5.32 Å². The van der Waals surface area contributed by atoms with Gasteiger partial charge in [-0.15, -0.1) is 10.2 Å². The number of carbonyl (C=O) groups is 1. The zero-order chi connectivity index (χ0) is 13.8. The molecule has 2 aromatic heterocycles. The van der Waals surface area contributed by atoms with Crippen molar-refractivity contribution in [2.24, 2.45) is 0 Å². The third kappa shape index (κ3) is 3.67. The normalized spacial score (nSPS) is 10.6. The van der Waals surface area contributed by atoms with E-state index < -0.39 is 5.82 Å². The monoisotopic (exact) mass is 301 g/mol. The minimum Gasteiger partial charge on any atom is -0.396 e. The molecule has 0 aliphatic carbocycles. The van der Waals surface area contributed by atoms with E-state index in [0.717, 1.165) is 0 Å². The first-order chi connectivity index (χ1) is 9.08. The molecule has 0 unspecified atom stereocenters. The summed E-state index contributed by atoms with van der Waals surface area (Å²) < 4.78 is 10.3. The summed E-state index contributed by atoms with van der Waals surface area (Å²) in [7, 11) is 0. The van der Waals surface area contributed by atoms with E-state index in [4.69, 9.17) is 8.83 Å². The van der Waals surface area contributed by atoms with Crippen LogP contribution in [0, 0.1) is 6.92 Å². The summed E-state index contributed by atoms with van der Waals surface area (Å²) >= 11 is 2.62. The van der Waals surface area contributed by atoms with Gasteiger partial charge in [-0.3, -0.25) is 4.79 Å². The van der Waals surface area contributed by atoms with E-state index in [2.05, 4.69) is 15.5 Å². The Labute approximate surface area is 116 Å². The molecule has 0 radical (unpaired) electrons. The Morgan fingerprint density at radius 1 is 1.42 bits per heavy atom. The molecule has 1 amide bonds. The molecule has 1 N–H and O–H groups in total. The van der Waals surface area contributed by atoms with Crippen LogP contribution in [0.1, 0.15) is 24.9 Å². The number of amides is 1. The first kappa shape index (κ1) is 13.8. The Morgan fingerprint density at radius 3 is 2.84 bits per heavy atom. The van der Waals surface area contributed by atoms with Gasteiger partial charge in [0.15, 0.2) is 10.1 Å². The molecule has 9 heteroatoms. The standard InChI is InChI=1S/C10H11N3O4S2/c1-3-7(14)11-8-12-13-9(19-8)18-4-6-5(2)16-10(15)17-6/h3-4H2,1-2H3,(H,11,12,14). The quantitative estimate of drug-likeness (QED) is 0.666. The van der Waals surface area contributed by atoms with Crippen LogP contribution in [0.25, 0.3) is 0 Å². The van der Waals surface area contributed by atoms with Gasteiger partial charge in [-0.05, 0) is 6.92 Å². The maximum atomic E-state index is 11.2. The number of nitrogens with one attached hydrogen (secondary N) is 1. The number of hydrogen-bond donors (Lipinski definition) is 1. The number of thioether (sulfide) groups is 1. The van der Waals surface area contributed by atoms with E-state index in [1.807, 2.05) is 0 Å². The highest BCUT2D eigenvalue weighted by molar-refractivity contribution is 8.00. The topological polar surface area (TPSA) is 98.2 Å². The molecule has 102 valence electrons. The molecular weight excluding hydrogens is 290 g/mol. The summed E-state index contributed by atoms with van der Waals surface area (Å²) in [5.74, 6) is 0.546. The first-order valence-electron chi connectivity index (χ1n) is 5.44. The summed E-state index contributed by atoms with van der Waals surface area (Å²) in [4.78, 5) is 22.0. The smallest absolute Gasteiger partial charge is 0.396 e. The van der Waals surface area contributed by atoms with Crippen LogP contribution in [-0.2, 0) is 10.5 Å². The Balaban J connectivity index is 1.95. The number of hydrogen-bond acceptors (Lipinski definition) is 8. The molecule has 0 bridgehead atoms.